The van der Waals surface area contributed by atoms with Crippen LogP contribution in [-0.2, 0) is 30.1 Å². The first-order chi connectivity index (χ1) is 16.0. The fourth-order valence-corrected chi connectivity index (χ4v) is 5.73. The Morgan fingerprint density at radius 3 is 2.56 bits per heavy atom. The number of nitrogens with one attached hydrogen (secondary N) is 1. The van der Waals surface area contributed by atoms with E-state index in [2.05, 4.69) is 12.6 Å². The Morgan fingerprint density at radius 2 is 1.97 bits per heavy atom. The first-order valence-electron chi connectivity index (χ1n) is 10.5. The molecule has 1 aromatic rings. The van der Waals surface area contributed by atoms with Crippen LogP contribution >= 0.6 is 12.6 Å². The molecule has 0 bridgehead atoms. The van der Waals surface area contributed by atoms with E-state index in [4.69, 9.17) is 14.9 Å². The molecular weight excluding hydrogens is 490 g/mol. The molecular formula is C21H22F2N4O5S2. The molecule has 0 unspecified atom stereocenters. The van der Waals surface area contributed by atoms with Crippen molar-refractivity contribution in [2.24, 2.45) is 0 Å². The van der Waals surface area contributed by atoms with E-state index >= 15 is 0 Å². The lowest BCUT2D eigenvalue weighted by atomic mass is 9.92. The first-order valence-corrected chi connectivity index (χ1v) is 12.6. The Bertz CT molecular complexity index is 1200. The maximum atomic E-state index is 13.3. The van der Waals surface area contributed by atoms with Crippen LogP contribution in [-0.4, -0.2) is 62.4 Å². The molecule has 2 fully saturated rings. The van der Waals surface area contributed by atoms with Gasteiger partial charge in [-0.25, -0.2) is 17.2 Å². The predicted molar refractivity (Wildman–Crippen MR) is 120 cm³/mol. The Balaban J connectivity index is 1.81. The number of allylic oxidation sites excluding steroid dienone is 1. The smallest absolute Gasteiger partial charge is 0.275 e. The van der Waals surface area contributed by atoms with Gasteiger partial charge in [0.15, 0.2) is 0 Å². The molecule has 1 aromatic carbocycles. The van der Waals surface area contributed by atoms with Crippen LogP contribution in [0.5, 0.6) is 0 Å². The zero-order chi connectivity index (χ0) is 24.7. The summed E-state index contributed by atoms with van der Waals surface area (Å²) in [6.07, 6.45) is 2.11. The van der Waals surface area contributed by atoms with Gasteiger partial charge in [-0.05, 0) is 36.8 Å². The maximum absolute atomic E-state index is 13.3. The van der Waals surface area contributed by atoms with Crippen LogP contribution in [0.4, 0.5) is 14.5 Å². The molecule has 1 amide bonds. The van der Waals surface area contributed by atoms with Crippen molar-refractivity contribution in [2.75, 3.05) is 37.0 Å². The third-order valence-electron chi connectivity index (χ3n) is 5.74. The first kappa shape index (κ1) is 24.7. The predicted octanol–water partition coefficient (Wildman–Crippen LogP) is 2.40. The lowest BCUT2D eigenvalue weighted by molar-refractivity contribution is -0.277. The summed E-state index contributed by atoms with van der Waals surface area (Å²) in [6, 6.07) is 5.63. The molecule has 4 rings (SSSR count). The van der Waals surface area contributed by atoms with Gasteiger partial charge in [0, 0.05) is 5.56 Å². The zero-order valence-corrected chi connectivity index (χ0v) is 19.7. The fraction of sp³-hybridized carbons (Fsp3) is 0.476. The number of rotatable bonds is 5. The normalized spacial score (nSPS) is 22.1. The molecule has 0 aromatic heterocycles. The van der Waals surface area contributed by atoms with Gasteiger partial charge in [0.2, 0.25) is 21.7 Å². The van der Waals surface area contributed by atoms with Crippen LogP contribution in [0, 0.1) is 16.7 Å². The number of carbonyl (C=O) groups excluding carboxylic acids is 1. The Hall–Kier alpha value is -2.37. The van der Waals surface area contributed by atoms with Crippen molar-refractivity contribution in [3.63, 3.8) is 0 Å². The molecule has 3 aliphatic rings. The fourth-order valence-electron chi connectivity index (χ4n) is 4.07. The van der Waals surface area contributed by atoms with E-state index in [-0.39, 0.29) is 47.2 Å². The second kappa shape index (κ2) is 9.01. The zero-order valence-electron chi connectivity index (χ0n) is 18.0. The summed E-state index contributed by atoms with van der Waals surface area (Å²) in [7, 11) is -4.23. The topological polar surface area (TPSA) is 124 Å². The minimum absolute atomic E-state index is 0.0470. The van der Waals surface area contributed by atoms with E-state index in [9.17, 15) is 27.3 Å². The van der Waals surface area contributed by atoms with Crippen LogP contribution < -0.4 is 4.90 Å². The highest BCUT2D eigenvalue weighted by atomic mass is 32.2. The van der Waals surface area contributed by atoms with Crippen molar-refractivity contribution >= 4 is 40.1 Å². The SMILES string of the molecule is N#C/C(=C/CCS)C(=N)N1C(=O)CC2(OCCCO2)c2cc(S(=O)(=O)N3CC(F)(F)C3)ccc21. The molecule has 182 valence electrons. The van der Waals surface area contributed by atoms with Crippen molar-refractivity contribution in [3.8, 4) is 6.07 Å². The number of amides is 1. The maximum Gasteiger partial charge on any atom is 0.275 e. The number of ether oxygens (including phenoxy) is 2. The third kappa shape index (κ3) is 4.25. The number of sulfonamides is 1. The highest BCUT2D eigenvalue weighted by molar-refractivity contribution is 7.89. The summed E-state index contributed by atoms with van der Waals surface area (Å²) < 4.78 is 64.9. The minimum Gasteiger partial charge on any atom is -0.345 e. The summed E-state index contributed by atoms with van der Waals surface area (Å²) in [5, 5.41) is 18.0. The number of nitrogens with zero attached hydrogens (tertiary/aromatic N) is 3. The van der Waals surface area contributed by atoms with Crippen LogP contribution in [0.15, 0.2) is 34.7 Å². The number of amidine groups is 1. The van der Waals surface area contributed by atoms with E-state index < -0.39 is 40.7 Å². The summed E-state index contributed by atoms with van der Waals surface area (Å²) in [5.41, 5.74) is 0.258. The number of anilines is 1. The number of halogens is 2. The Labute approximate surface area is 200 Å². The molecule has 0 atom stereocenters. The van der Waals surface area contributed by atoms with E-state index in [1.807, 2.05) is 6.07 Å². The van der Waals surface area contributed by atoms with Crippen LogP contribution in [0.3, 0.4) is 0 Å². The average Bonchev–Trinajstić information content (AvgIpc) is 2.78. The summed E-state index contributed by atoms with van der Waals surface area (Å²) in [6.45, 7) is -1.32. The molecule has 34 heavy (non-hydrogen) atoms. The monoisotopic (exact) mass is 512 g/mol. The van der Waals surface area contributed by atoms with E-state index in [0.717, 1.165) is 4.90 Å². The third-order valence-corrected chi connectivity index (χ3v) is 7.79. The molecule has 13 heteroatoms. The molecule has 0 saturated carbocycles. The van der Waals surface area contributed by atoms with Crippen molar-refractivity contribution in [2.45, 2.75) is 35.9 Å². The number of benzene rings is 1. The molecule has 0 radical (unpaired) electrons. The summed E-state index contributed by atoms with van der Waals surface area (Å²) >= 11 is 4.09. The second-order valence-corrected chi connectivity index (χ2v) is 10.5. The molecule has 0 aliphatic carbocycles. The molecule has 1 spiro atoms. The second-order valence-electron chi connectivity index (χ2n) is 8.11. The van der Waals surface area contributed by atoms with Gasteiger partial charge in [-0.2, -0.15) is 22.2 Å². The lowest BCUT2D eigenvalue weighted by Crippen LogP contribution is -2.58. The highest BCUT2D eigenvalue weighted by Gasteiger charge is 2.52. The highest BCUT2D eigenvalue weighted by Crippen LogP contribution is 2.46. The van der Waals surface area contributed by atoms with E-state index in [0.29, 0.717) is 22.9 Å². The van der Waals surface area contributed by atoms with Crippen molar-refractivity contribution < 1.29 is 31.5 Å². The molecule has 1 N–H and O–H groups in total. The van der Waals surface area contributed by atoms with Gasteiger partial charge in [-0.15, -0.1) is 0 Å². The van der Waals surface area contributed by atoms with Crippen molar-refractivity contribution in [1.82, 2.24) is 4.31 Å². The molecule has 3 heterocycles. The van der Waals surface area contributed by atoms with Crippen molar-refractivity contribution in [3.05, 3.63) is 35.4 Å². The van der Waals surface area contributed by atoms with Gasteiger partial charge in [-0.3, -0.25) is 15.1 Å². The number of carbonyl (C=O) groups is 1. The van der Waals surface area contributed by atoms with Gasteiger partial charge >= 0.3 is 0 Å². The van der Waals surface area contributed by atoms with Crippen LogP contribution in [0.2, 0.25) is 0 Å². The lowest BCUT2D eigenvalue weighted by Gasteiger charge is -2.44. The minimum atomic E-state index is -4.23. The van der Waals surface area contributed by atoms with Crippen LogP contribution in [0.25, 0.3) is 0 Å². The van der Waals surface area contributed by atoms with Gasteiger partial charge in [0.25, 0.3) is 5.92 Å². The quantitative estimate of drug-likeness (QED) is 0.270. The van der Waals surface area contributed by atoms with Gasteiger partial charge in [0.05, 0.1) is 48.9 Å². The molecule has 3 aliphatic heterocycles. The number of fused-ring (bicyclic) bond motifs is 2. The molecule has 2 saturated heterocycles. The Morgan fingerprint density at radius 1 is 1.29 bits per heavy atom. The van der Waals surface area contributed by atoms with E-state index in [1.54, 1.807) is 0 Å². The number of thiol groups is 1. The number of alkyl halides is 2. The van der Waals surface area contributed by atoms with Gasteiger partial charge in [-0.1, -0.05) is 6.08 Å². The molecule has 9 nitrogen and oxygen atoms in total. The van der Waals surface area contributed by atoms with Gasteiger partial charge in [0.1, 0.15) is 11.9 Å². The summed E-state index contributed by atoms with van der Waals surface area (Å²) in [5.74, 6) is -5.16. The van der Waals surface area contributed by atoms with Gasteiger partial charge < -0.3 is 9.47 Å². The number of nitriles is 1. The number of hydrogen-bond donors (Lipinski definition) is 2. The summed E-state index contributed by atoms with van der Waals surface area (Å²) in [4.78, 5) is 13.9. The Kier molecular flexibility index (Phi) is 6.56. The number of hydrogen-bond acceptors (Lipinski definition) is 8. The van der Waals surface area contributed by atoms with E-state index in [1.165, 1.54) is 24.3 Å². The van der Waals surface area contributed by atoms with Crippen LogP contribution in [0.1, 0.15) is 24.8 Å². The average molecular weight is 513 g/mol. The standard InChI is InChI=1S/C21H22F2N4O5S2/c22-20(23)12-26(13-20)34(29,30)15-4-5-17-16(9-15)21(31-6-2-7-32-21)10-18(28)27(17)19(25)14(11-24)3-1-8-33/h3-5,9,25,33H,1-2,6-8,10,12-13H2/b14-3-,25-19?. The largest absolute Gasteiger partial charge is 0.345 e. The van der Waals surface area contributed by atoms with Crippen molar-refractivity contribution in [1.29, 1.82) is 10.7 Å².